The Morgan fingerprint density at radius 1 is 1.21 bits per heavy atom. The van der Waals surface area contributed by atoms with Crippen LogP contribution in [0, 0.1) is 0 Å². The van der Waals surface area contributed by atoms with E-state index in [-0.39, 0.29) is 20.3 Å². The molecule has 0 bridgehead atoms. The fraction of sp³-hybridized carbons (Fsp3) is 0.385. The number of nitrogens with zero attached hydrogens (tertiary/aromatic N) is 2. The van der Waals surface area contributed by atoms with Crippen molar-refractivity contribution >= 4 is 14.7 Å². The van der Waals surface area contributed by atoms with Gasteiger partial charge in [-0.1, -0.05) is 0 Å². The SMILES string of the molecule is COc1cc(OC)c2c(c1)OC(C)(C)c1[se]nnc1-2. The third-order valence-corrected chi connectivity index (χ3v) is 5.29. The molecule has 1 aromatic heterocycles. The molecule has 1 aliphatic heterocycles. The van der Waals surface area contributed by atoms with E-state index in [1.807, 2.05) is 26.0 Å². The van der Waals surface area contributed by atoms with Gasteiger partial charge in [0.2, 0.25) is 0 Å². The minimum absolute atomic E-state index is 0.00145. The van der Waals surface area contributed by atoms with Gasteiger partial charge in [0.05, 0.1) is 0 Å². The number of aromatic nitrogens is 2. The zero-order chi connectivity index (χ0) is 13.6. The van der Waals surface area contributed by atoms with Crippen LogP contribution >= 0.6 is 0 Å². The summed E-state index contributed by atoms with van der Waals surface area (Å²) < 4.78 is 22.2. The molecule has 6 heteroatoms. The van der Waals surface area contributed by atoms with E-state index >= 15 is 0 Å². The Hall–Kier alpha value is -1.52. The van der Waals surface area contributed by atoms with Crippen molar-refractivity contribution in [2.75, 3.05) is 14.2 Å². The molecule has 100 valence electrons. The first-order chi connectivity index (χ1) is 9.06. The molecule has 3 rings (SSSR count). The first kappa shape index (κ1) is 12.5. The molecule has 2 heterocycles. The molecule has 0 saturated carbocycles. The van der Waals surface area contributed by atoms with Crippen molar-refractivity contribution in [3.05, 3.63) is 16.6 Å². The van der Waals surface area contributed by atoms with Gasteiger partial charge < -0.3 is 0 Å². The van der Waals surface area contributed by atoms with E-state index in [1.165, 1.54) is 0 Å². The van der Waals surface area contributed by atoms with Crippen molar-refractivity contribution < 1.29 is 14.2 Å². The van der Waals surface area contributed by atoms with Crippen LogP contribution in [-0.4, -0.2) is 38.1 Å². The van der Waals surface area contributed by atoms with E-state index in [0.717, 1.165) is 21.4 Å². The monoisotopic (exact) mass is 326 g/mol. The Balaban J connectivity index is 2.30. The normalized spacial score (nSPS) is 15.2. The number of ether oxygens (including phenoxy) is 3. The summed E-state index contributed by atoms with van der Waals surface area (Å²) in [4.78, 5) is 0. The Kier molecular flexibility index (Phi) is 2.80. The van der Waals surface area contributed by atoms with Gasteiger partial charge in [-0.25, -0.2) is 0 Å². The topological polar surface area (TPSA) is 53.5 Å². The van der Waals surface area contributed by atoms with Gasteiger partial charge >= 0.3 is 117 Å². The number of hydrogen-bond donors (Lipinski definition) is 0. The summed E-state index contributed by atoms with van der Waals surface area (Å²) in [7, 11) is 3.25. The van der Waals surface area contributed by atoms with E-state index in [1.54, 1.807) is 14.2 Å². The molecule has 1 aliphatic rings. The summed E-state index contributed by atoms with van der Waals surface area (Å²) in [5, 5.41) is 4.29. The first-order valence-electron chi connectivity index (χ1n) is 5.85. The van der Waals surface area contributed by atoms with E-state index in [4.69, 9.17) is 14.2 Å². The third-order valence-electron chi connectivity index (χ3n) is 3.13. The molecule has 0 unspecified atom stereocenters. The maximum absolute atomic E-state index is 6.10. The van der Waals surface area contributed by atoms with Crippen LogP contribution in [-0.2, 0) is 5.60 Å². The fourth-order valence-electron chi connectivity index (χ4n) is 2.23. The average Bonchev–Trinajstić information content (AvgIpc) is 2.86. The molecule has 5 nitrogen and oxygen atoms in total. The third kappa shape index (κ3) is 1.83. The Morgan fingerprint density at radius 3 is 2.68 bits per heavy atom. The summed E-state index contributed by atoms with van der Waals surface area (Å²) >= 11 is 0.00145. The van der Waals surface area contributed by atoms with E-state index in [2.05, 4.69) is 9.19 Å². The molecule has 0 aliphatic carbocycles. The zero-order valence-electron chi connectivity index (χ0n) is 11.2. The quantitative estimate of drug-likeness (QED) is 0.789. The van der Waals surface area contributed by atoms with Crippen LogP contribution < -0.4 is 14.2 Å². The van der Waals surface area contributed by atoms with Crippen LogP contribution in [0.2, 0.25) is 0 Å². The molecule has 0 fully saturated rings. The second-order valence-electron chi connectivity index (χ2n) is 4.77. The van der Waals surface area contributed by atoms with E-state index in [0.29, 0.717) is 11.5 Å². The first-order valence-corrected chi connectivity index (χ1v) is 7.47. The van der Waals surface area contributed by atoms with Gasteiger partial charge in [-0.05, 0) is 0 Å². The van der Waals surface area contributed by atoms with Crippen molar-refractivity contribution in [1.82, 2.24) is 9.19 Å². The van der Waals surface area contributed by atoms with Crippen molar-refractivity contribution in [2.24, 2.45) is 0 Å². The summed E-state index contributed by atoms with van der Waals surface area (Å²) in [6.45, 7) is 4.07. The number of benzene rings is 1. The van der Waals surface area contributed by atoms with Gasteiger partial charge in [0.1, 0.15) is 0 Å². The van der Waals surface area contributed by atoms with Gasteiger partial charge in [0, 0.05) is 0 Å². The molecule has 0 amide bonds. The molecule has 0 saturated heterocycles. The summed E-state index contributed by atoms with van der Waals surface area (Å²) in [5.74, 6) is 2.14. The van der Waals surface area contributed by atoms with Crippen LogP contribution in [0.4, 0.5) is 0 Å². The van der Waals surface area contributed by atoms with Crippen LogP contribution in [0.1, 0.15) is 18.3 Å². The number of hydrogen-bond acceptors (Lipinski definition) is 5. The molecule has 2 aromatic rings. The van der Waals surface area contributed by atoms with Crippen LogP contribution in [0.3, 0.4) is 0 Å². The predicted molar refractivity (Wildman–Crippen MR) is 71.2 cm³/mol. The van der Waals surface area contributed by atoms with Crippen molar-refractivity contribution in [3.8, 4) is 28.5 Å². The molecule has 0 atom stereocenters. The summed E-state index contributed by atoms with van der Waals surface area (Å²) in [5.41, 5.74) is 1.38. The Bertz CT molecular complexity index is 637. The van der Waals surface area contributed by atoms with Gasteiger partial charge in [-0.2, -0.15) is 0 Å². The van der Waals surface area contributed by atoms with Crippen molar-refractivity contribution in [1.29, 1.82) is 0 Å². The van der Waals surface area contributed by atoms with Crippen LogP contribution in [0.25, 0.3) is 11.3 Å². The second kappa shape index (κ2) is 4.25. The zero-order valence-corrected chi connectivity index (χ0v) is 12.9. The second-order valence-corrected chi connectivity index (χ2v) is 6.35. The van der Waals surface area contributed by atoms with Gasteiger partial charge in [-0.3, -0.25) is 0 Å². The van der Waals surface area contributed by atoms with Crippen molar-refractivity contribution in [2.45, 2.75) is 19.4 Å². The number of rotatable bonds is 2. The van der Waals surface area contributed by atoms with Gasteiger partial charge in [-0.15, -0.1) is 0 Å². The molecule has 0 spiro atoms. The van der Waals surface area contributed by atoms with Gasteiger partial charge in [0.25, 0.3) is 0 Å². The van der Waals surface area contributed by atoms with Crippen LogP contribution in [0.5, 0.6) is 17.2 Å². The molecular weight excluding hydrogens is 311 g/mol. The molecular formula is C13H14N2O3Se. The van der Waals surface area contributed by atoms with Crippen LogP contribution in [0.15, 0.2) is 12.1 Å². The fourth-order valence-corrected chi connectivity index (χ4v) is 3.69. The Morgan fingerprint density at radius 2 is 2.00 bits per heavy atom. The predicted octanol–water partition coefficient (Wildman–Crippen LogP) is 1.85. The molecule has 19 heavy (non-hydrogen) atoms. The molecule has 0 radical (unpaired) electrons. The Labute approximate surface area is 117 Å². The van der Waals surface area contributed by atoms with E-state index < -0.39 is 0 Å². The number of methoxy groups -OCH3 is 2. The van der Waals surface area contributed by atoms with Gasteiger partial charge in [0.15, 0.2) is 0 Å². The van der Waals surface area contributed by atoms with Crippen molar-refractivity contribution in [3.63, 3.8) is 0 Å². The molecule has 0 N–H and O–H groups in total. The summed E-state index contributed by atoms with van der Waals surface area (Å²) in [6, 6.07) is 3.70. The standard InChI is InChI=1S/C13H14N2O3Se/c1-13(2)12-11(14-15-19-12)10-8(17-4)5-7(16-3)6-9(10)18-13/h5-6H,1-4H3. The average molecular weight is 325 g/mol. The minimum atomic E-state index is -0.386. The summed E-state index contributed by atoms with van der Waals surface area (Å²) in [6.07, 6.45) is 0. The van der Waals surface area contributed by atoms with E-state index in [9.17, 15) is 0 Å². The maximum atomic E-state index is 6.10. The number of fused-ring (bicyclic) bond motifs is 3. The molecule has 1 aromatic carbocycles.